The second kappa shape index (κ2) is 7.27. The molecule has 0 spiro atoms. The monoisotopic (exact) mass is 347 g/mol. The summed E-state index contributed by atoms with van der Waals surface area (Å²) in [4.78, 5) is 12.3. The highest BCUT2D eigenvalue weighted by atomic mass is 79.9. The molecule has 0 bridgehead atoms. The number of nitrogens with one attached hydrogen (secondary N) is 1. The van der Waals surface area contributed by atoms with Crippen molar-refractivity contribution in [3.63, 3.8) is 0 Å². The van der Waals surface area contributed by atoms with E-state index < -0.39 is 0 Å². The van der Waals surface area contributed by atoms with Gasteiger partial charge in [-0.2, -0.15) is 0 Å². The van der Waals surface area contributed by atoms with Crippen LogP contribution >= 0.6 is 15.9 Å². The van der Waals surface area contributed by atoms with Gasteiger partial charge in [-0.15, -0.1) is 0 Å². The van der Waals surface area contributed by atoms with Crippen LogP contribution in [0, 0.1) is 6.92 Å². The van der Waals surface area contributed by atoms with Crippen LogP contribution in [-0.2, 0) is 0 Å². The molecule has 0 aliphatic heterocycles. The fourth-order valence-corrected chi connectivity index (χ4v) is 2.32. The van der Waals surface area contributed by atoms with Crippen LogP contribution in [0.15, 0.2) is 46.9 Å². The number of anilines is 1. The Morgan fingerprint density at radius 1 is 1.19 bits per heavy atom. The maximum absolute atomic E-state index is 12.3. The Bertz CT molecular complexity index is 623. The Labute approximate surface area is 133 Å². The van der Waals surface area contributed by atoms with Crippen molar-refractivity contribution in [3.05, 3.63) is 58.1 Å². The molecule has 1 N–H and O–H groups in total. The van der Waals surface area contributed by atoms with Crippen molar-refractivity contribution in [2.24, 2.45) is 0 Å². The fourth-order valence-electron chi connectivity index (χ4n) is 1.88. The summed E-state index contributed by atoms with van der Waals surface area (Å²) in [5, 5.41) is 2.89. The van der Waals surface area contributed by atoms with Gasteiger partial charge in [-0.1, -0.05) is 19.1 Å². The quantitative estimate of drug-likeness (QED) is 0.843. The summed E-state index contributed by atoms with van der Waals surface area (Å²) in [5.41, 5.74) is 2.41. The minimum absolute atomic E-state index is 0.132. The van der Waals surface area contributed by atoms with E-state index in [1.807, 2.05) is 43.3 Å². The molecule has 0 aliphatic rings. The van der Waals surface area contributed by atoms with Gasteiger partial charge in [0.15, 0.2) is 0 Å². The van der Waals surface area contributed by atoms with Crippen LogP contribution in [0.1, 0.15) is 29.3 Å². The molecule has 0 aromatic heterocycles. The molecular formula is C17H18BrNO2. The first kappa shape index (κ1) is 15.6. The Balaban J connectivity index is 2.07. The first-order chi connectivity index (χ1) is 10.1. The highest BCUT2D eigenvalue weighted by Crippen LogP contribution is 2.23. The van der Waals surface area contributed by atoms with E-state index in [0.29, 0.717) is 12.2 Å². The van der Waals surface area contributed by atoms with Crippen LogP contribution in [0.2, 0.25) is 0 Å². The zero-order valence-corrected chi connectivity index (χ0v) is 13.7. The summed E-state index contributed by atoms with van der Waals surface area (Å²) >= 11 is 3.45. The van der Waals surface area contributed by atoms with Gasteiger partial charge in [0.2, 0.25) is 0 Å². The minimum atomic E-state index is -0.132. The number of carbonyl (C=O) groups is 1. The van der Waals surface area contributed by atoms with Crippen molar-refractivity contribution < 1.29 is 9.53 Å². The highest BCUT2D eigenvalue weighted by molar-refractivity contribution is 9.10. The highest BCUT2D eigenvalue weighted by Gasteiger charge is 2.11. The first-order valence-corrected chi connectivity index (χ1v) is 7.70. The van der Waals surface area contributed by atoms with Crippen LogP contribution < -0.4 is 10.1 Å². The second-order valence-corrected chi connectivity index (χ2v) is 5.56. The Hall–Kier alpha value is -1.81. The number of benzene rings is 2. The standard InChI is InChI=1S/C17H18BrNO2/c1-3-11-21-14-9-7-13(8-10-14)19-17(20)15-6-4-5-12(2)16(15)18/h4-10H,3,11H2,1-2H3,(H,19,20). The molecule has 21 heavy (non-hydrogen) atoms. The summed E-state index contributed by atoms with van der Waals surface area (Å²) in [6, 6.07) is 13.0. The molecule has 0 saturated heterocycles. The zero-order chi connectivity index (χ0) is 15.2. The SMILES string of the molecule is CCCOc1ccc(NC(=O)c2cccc(C)c2Br)cc1. The molecule has 4 heteroatoms. The second-order valence-electron chi connectivity index (χ2n) is 4.76. The summed E-state index contributed by atoms with van der Waals surface area (Å²) in [6.07, 6.45) is 0.972. The third-order valence-electron chi connectivity index (χ3n) is 3.02. The number of amides is 1. The maximum atomic E-state index is 12.3. The molecular weight excluding hydrogens is 330 g/mol. The maximum Gasteiger partial charge on any atom is 0.256 e. The van der Waals surface area contributed by atoms with Crippen LogP contribution in [-0.4, -0.2) is 12.5 Å². The Morgan fingerprint density at radius 3 is 2.57 bits per heavy atom. The van der Waals surface area contributed by atoms with E-state index in [1.54, 1.807) is 6.07 Å². The minimum Gasteiger partial charge on any atom is -0.494 e. The van der Waals surface area contributed by atoms with Crippen molar-refractivity contribution in [1.82, 2.24) is 0 Å². The van der Waals surface area contributed by atoms with Crippen molar-refractivity contribution >= 4 is 27.5 Å². The average molecular weight is 348 g/mol. The number of ether oxygens (including phenoxy) is 1. The van der Waals surface area contributed by atoms with Crippen LogP contribution in [0.25, 0.3) is 0 Å². The molecule has 0 saturated carbocycles. The molecule has 0 unspecified atom stereocenters. The Morgan fingerprint density at radius 2 is 1.90 bits per heavy atom. The number of rotatable bonds is 5. The van der Waals surface area contributed by atoms with Gasteiger partial charge in [0.25, 0.3) is 5.91 Å². The van der Waals surface area contributed by atoms with Crippen molar-refractivity contribution in [3.8, 4) is 5.75 Å². The van der Waals surface area contributed by atoms with E-state index in [9.17, 15) is 4.79 Å². The molecule has 2 rings (SSSR count). The van der Waals surface area contributed by atoms with E-state index in [4.69, 9.17) is 4.74 Å². The summed E-state index contributed by atoms with van der Waals surface area (Å²) in [7, 11) is 0. The van der Waals surface area contributed by atoms with E-state index in [0.717, 1.165) is 27.9 Å². The van der Waals surface area contributed by atoms with Crippen molar-refractivity contribution in [2.45, 2.75) is 20.3 Å². The number of halogens is 1. The van der Waals surface area contributed by atoms with E-state index in [-0.39, 0.29) is 5.91 Å². The third kappa shape index (κ3) is 4.08. The number of hydrogen-bond donors (Lipinski definition) is 1. The third-order valence-corrected chi connectivity index (χ3v) is 4.07. The topological polar surface area (TPSA) is 38.3 Å². The summed E-state index contributed by atoms with van der Waals surface area (Å²) in [6.45, 7) is 4.72. The lowest BCUT2D eigenvalue weighted by molar-refractivity contribution is 0.102. The van der Waals surface area contributed by atoms with Gasteiger partial charge < -0.3 is 10.1 Å². The van der Waals surface area contributed by atoms with Crippen molar-refractivity contribution in [1.29, 1.82) is 0 Å². The van der Waals surface area contributed by atoms with Gasteiger partial charge in [0, 0.05) is 10.2 Å². The van der Waals surface area contributed by atoms with Crippen LogP contribution in [0.4, 0.5) is 5.69 Å². The molecule has 0 heterocycles. The van der Waals surface area contributed by atoms with Crippen LogP contribution in [0.3, 0.4) is 0 Å². The number of aryl methyl sites for hydroxylation is 1. The summed E-state index contributed by atoms with van der Waals surface area (Å²) in [5.74, 6) is 0.680. The molecule has 2 aromatic rings. The van der Waals surface area contributed by atoms with Gasteiger partial charge in [0.1, 0.15) is 5.75 Å². The normalized spacial score (nSPS) is 10.2. The number of carbonyl (C=O) groups excluding carboxylic acids is 1. The van der Waals surface area contributed by atoms with Gasteiger partial charge in [0.05, 0.1) is 12.2 Å². The molecule has 0 radical (unpaired) electrons. The van der Waals surface area contributed by atoms with Gasteiger partial charge >= 0.3 is 0 Å². The lowest BCUT2D eigenvalue weighted by Crippen LogP contribution is -2.12. The molecule has 0 aliphatic carbocycles. The molecule has 110 valence electrons. The van der Waals surface area contributed by atoms with Crippen LogP contribution in [0.5, 0.6) is 5.75 Å². The Kier molecular flexibility index (Phi) is 5.39. The number of hydrogen-bond acceptors (Lipinski definition) is 2. The first-order valence-electron chi connectivity index (χ1n) is 6.91. The van der Waals surface area contributed by atoms with E-state index in [1.165, 1.54) is 0 Å². The largest absolute Gasteiger partial charge is 0.494 e. The average Bonchev–Trinajstić information content (AvgIpc) is 2.49. The molecule has 0 fully saturated rings. The smallest absolute Gasteiger partial charge is 0.256 e. The lowest BCUT2D eigenvalue weighted by atomic mass is 10.1. The van der Waals surface area contributed by atoms with Crippen molar-refractivity contribution in [2.75, 3.05) is 11.9 Å². The lowest BCUT2D eigenvalue weighted by Gasteiger charge is -2.09. The fraction of sp³-hybridized carbons (Fsp3) is 0.235. The van der Waals surface area contributed by atoms with E-state index in [2.05, 4.69) is 28.2 Å². The predicted octanol–water partition coefficient (Wildman–Crippen LogP) is 4.80. The predicted molar refractivity (Wildman–Crippen MR) is 89.1 cm³/mol. The van der Waals surface area contributed by atoms with E-state index >= 15 is 0 Å². The van der Waals surface area contributed by atoms with Gasteiger partial charge in [-0.25, -0.2) is 0 Å². The molecule has 3 nitrogen and oxygen atoms in total. The molecule has 2 aromatic carbocycles. The summed E-state index contributed by atoms with van der Waals surface area (Å²) < 4.78 is 6.34. The zero-order valence-electron chi connectivity index (χ0n) is 12.2. The van der Waals surface area contributed by atoms with Gasteiger partial charge in [-0.05, 0) is 65.2 Å². The molecule has 0 atom stereocenters. The molecule has 1 amide bonds. The van der Waals surface area contributed by atoms with Gasteiger partial charge in [-0.3, -0.25) is 4.79 Å².